The molecule has 0 saturated carbocycles. The lowest BCUT2D eigenvalue weighted by Gasteiger charge is -2.29. The fraction of sp³-hybridized carbons (Fsp3) is 0.250. The van der Waals surface area contributed by atoms with Gasteiger partial charge in [-0.15, -0.1) is 0 Å². The summed E-state index contributed by atoms with van der Waals surface area (Å²) in [7, 11) is 0. The number of hydrogen-bond donors (Lipinski definition) is 1. The van der Waals surface area contributed by atoms with Crippen molar-refractivity contribution in [3.63, 3.8) is 0 Å². The van der Waals surface area contributed by atoms with Crippen LogP contribution in [0.2, 0.25) is 5.02 Å². The topological polar surface area (TPSA) is 65.3 Å². The maximum atomic E-state index is 12.7. The van der Waals surface area contributed by atoms with Gasteiger partial charge in [0.1, 0.15) is 5.60 Å². The molecule has 1 heterocycles. The number of pyridine rings is 1. The molecule has 0 radical (unpaired) electrons. The lowest BCUT2D eigenvalue weighted by molar-refractivity contribution is -0.615. The number of alkyl carbamates (subject to hydrolysis) is 1. The first kappa shape index (κ1) is 21.7. The summed E-state index contributed by atoms with van der Waals surface area (Å²) >= 11 is 6.08. The van der Waals surface area contributed by atoms with Crippen molar-refractivity contribution in [2.75, 3.05) is 0 Å². The zero-order valence-corrected chi connectivity index (χ0v) is 18.0. The highest BCUT2D eigenvalue weighted by molar-refractivity contribution is 6.30. The number of halogens is 1. The minimum atomic E-state index is -0.651. The molecule has 30 heavy (non-hydrogen) atoms. The Balaban J connectivity index is 2.12. The maximum absolute atomic E-state index is 12.7. The van der Waals surface area contributed by atoms with Crippen molar-refractivity contribution in [2.24, 2.45) is 0 Å². The molecule has 2 aromatic carbocycles. The van der Waals surface area contributed by atoms with Crippen LogP contribution in [0.15, 0.2) is 79.0 Å². The van der Waals surface area contributed by atoms with Crippen molar-refractivity contribution in [3.05, 3.63) is 106 Å². The van der Waals surface area contributed by atoms with E-state index in [-0.39, 0.29) is 0 Å². The van der Waals surface area contributed by atoms with E-state index in [0.717, 1.165) is 15.9 Å². The number of nitrogens with one attached hydrogen (secondary N) is 1. The van der Waals surface area contributed by atoms with Gasteiger partial charge >= 0.3 is 6.09 Å². The molecular formula is C24H25ClN2O3. The summed E-state index contributed by atoms with van der Waals surface area (Å²) in [6.45, 7) is 5.42. The van der Waals surface area contributed by atoms with Crippen LogP contribution in [-0.2, 0) is 4.74 Å². The van der Waals surface area contributed by atoms with E-state index in [1.165, 1.54) is 6.20 Å². The number of nitrogens with zero attached hydrogens (tertiary/aromatic N) is 1. The molecule has 0 spiro atoms. The zero-order chi connectivity index (χ0) is 21.7. The second kappa shape index (κ2) is 9.18. The van der Waals surface area contributed by atoms with Gasteiger partial charge in [0.25, 0.3) is 0 Å². The van der Waals surface area contributed by atoms with Crippen LogP contribution in [0.1, 0.15) is 49.6 Å². The van der Waals surface area contributed by atoms with Crippen LogP contribution in [0.3, 0.4) is 0 Å². The lowest BCUT2D eigenvalue weighted by atomic mass is 9.84. The molecule has 0 fully saturated rings. The van der Waals surface area contributed by atoms with Gasteiger partial charge in [-0.05, 0) is 50.1 Å². The molecule has 156 valence electrons. The lowest BCUT2D eigenvalue weighted by Crippen LogP contribution is -2.41. The highest BCUT2D eigenvalue weighted by Crippen LogP contribution is 2.36. The molecule has 0 aliphatic rings. The third-order valence-electron chi connectivity index (χ3n) is 4.57. The van der Waals surface area contributed by atoms with E-state index >= 15 is 0 Å². The van der Waals surface area contributed by atoms with Crippen LogP contribution in [0.4, 0.5) is 4.79 Å². The third kappa shape index (κ3) is 5.51. The summed E-state index contributed by atoms with van der Waals surface area (Å²) in [4.78, 5) is 12.7. The van der Waals surface area contributed by atoms with E-state index in [1.807, 2.05) is 48.5 Å². The summed E-state index contributed by atoms with van der Waals surface area (Å²) < 4.78 is 6.34. The van der Waals surface area contributed by atoms with Gasteiger partial charge < -0.3 is 15.3 Å². The van der Waals surface area contributed by atoms with Gasteiger partial charge in [0.2, 0.25) is 5.69 Å². The Bertz CT molecular complexity index is 985. The van der Waals surface area contributed by atoms with Crippen LogP contribution >= 0.6 is 11.6 Å². The highest BCUT2D eigenvalue weighted by atomic mass is 35.5. The molecule has 5 nitrogen and oxygen atoms in total. The fourth-order valence-electron chi connectivity index (χ4n) is 3.34. The van der Waals surface area contributed by atoms with Crippen molar-refractivity contribution in [3.8, 4) is 0 Å². The molecule has 3 aromatic rings. The van der Waals surface area contributed by atoms with E-state index in [1.54, 1.807) is 45.0 Å². The molecule has 1 aromatic heterocycles. The van der Waals surface area contributed by atoms with Gasteiger partial charge in [-0.3, -0.25) is 0 Å². The number of rotatable bonds is 5. The standard InChI is InChI=1S/C24H25ClN2O3/c1-24(2,3)30-23(28)26-22(18-12-14-19(25)15-13-18)21(17-9-5-4-6-10-17)20-11-7-8-16-27(20)29/h4-16,21-22H,1-3H3,(H,26,28)/t21-,22-/m0/s1. The number of ether oxygens (including phenoxy) is 1. The molecule has 2 atom stereocenters. The second-order valence-electron chi connectivity index (χ2n) is 8.02. The van der Waals surface area contributed by atoms with Crippen LogP contribution < -0.4 is 10.0 Å². The number of hydrogen-bond acceptors (Lipinski definition) is 3. The molecule has 0 aliphatic carbocycles. The summed E-state index contributed by atoms with van der Waals surface area (Å²) in [6.07, 6.45) is 0.897. The predicted molar refractivity (Wildman–Crippen MR) is 117 cm³/mol. The Morgan fingerprint density at radius 3 is 2.20 bits per heavy atom. The average molecular weight is 425 g/mol. The Morgan fingerprint density at radius 2 is 1.60 bits per heavy atom. The summed E-state index contributed by atoms with van der Waals surface area (Å²) in [5.41, 5.74) is 1.56. The molecule has 1 N–H and O–H groups in total. The minimum Gasteiger partial charge on any atom is -0.618 e. The number of benzene rings is 2. The molecule has 0 bridgehead atoms. The van der Waals surface area contributed by atoms with Crippen molar-refractivity contribution in [2.45, 2.75) is 38.3 Å². The number of carbonyl (C=O) groups is 1. The summed E-state index contributed by atoms with van der Waals surface area (Å²) in [6, 6.07) is 21.5. The first-order valence-electron chi connectivity index (χ1n) is 9.72. The third-order valence-corrected chi connectivity index (χ3v) is 4.82. The van der Waals surface area contributed by atoms with Crippen molar-refractivity contribution in [1.29, 1.82) is 0 Å². The van der Waals surface area contributed by atoms with E-state index in [0.29, 0.717) is 10.7 Å². The van der Waals surface area contributed by atoms with Crippen molar-refractivity contribution in [1.82, 2.24) is 5.32 Å². The Hall–Kier alpha value is -3.05. The predicted octanol–water partition coefficient (Wildman–Crippen LogP) is 5.37. The maximum Gasteiger partial charge on any atom is 0.408 e. The quantitative estimate of drug-likeness (QED) is 0.442. The van der Waals surface area contributed by atoms with Gasteiger partial charge in [-0.2, -0.15) is 4.73 Å². The molecule has 6 heteroatoms. The van der Waals surface area contributed by atoms with Gasteiger partial charge in [-0.25, -0.2) is 4.79 Å². The monoisotopic (exact) mass is 424 g/mol. The van der Waals surface area contributed by atoms with Crippen molar-refractivity contribution < 1.29 is 14.3 Å². The van der Waals surface area contributed by atoms with Gasteiger partial charge in [0.15, 0.2) is 6.20 Å². The van der Waals surface area contributed by atoms with Crippen LogP contribution in [-0.4, -0.2) is 11.7 Å². The van der Waals surface area contributed by atoms with Gasteiger partial charge in [-0.1, -0.05) is 54.1 Å². The van der Waals surface area contributed by atoms with Gasteiger partial charge in [0, 0.05) is 17.2 Å². The molecule has 3 rings (SSSR count). The first-order chi connectivity index (χ1) is 14.2. The van der Waals surface area contributed by atoms with E-state index in [4.69, 9.17) is 16.3 Å². The molecule has 0 unspecified atom stereocenters. The van der Waals surface area contributed by atoms with E-state index < -0.39 is 23.7 Å². The molecular weight excluding hydrogens is 400 g/mol. The smallest absolute Gasteiger partial charge is 0.408 e. The Morgan fingerprint density at radius 1 is 0.967 bits per heavy atom. The normalized spacial score (nSPS) is 13.3. The summed E-state index contributed by atoms with van der Waals surface area (Å²) in [5.74, 6) is -0.446. The molecule has 0 aliphatic heterocycles. The first-order valence-corrected chi connectivity index (χ1v) is 10.1. The Labute approximate surface area is 181 Å². The molecule has 0 saturated heterocycles. The fourth-order valence-corrected chi connectivity index (χ4v) is 3.47. The zero-order valence-electron chi connectivity index (χ0n) is 17.2. The molecule has 1 amide bonds. The largest absolute Gasteiger partial charge is 0.618 e. The highest BCUT2D eigenvalue weighted by Gasteiger charge is 2.34. The minimum absolute atomic E-state index is 0.446. The summed E-state index contributed by atoms with van der Waals surface area (Å²) in [5, 5.41) is 16.3. The number of aromatic nitrogens is 1. The van der Waals surface area contributed by atoms with Gasteiger partial charge in [0.05, 0.1) is 12.0 Å². The van der Waals surface area contributed by atoms with Crippen molar-refractivity contribution >= 4 is 17.7 Å². The van der Waals surface area contributed by atoms with E-state index in [9.17, 15) is 10.0 Å². The van der Waals surface area contributed by atoms with E-state index in [2.05, 4.69) is 5.32 Å². The number of carbonyl (C=O) groups excluding carboxylic acids is 1. The number of amides is 1. The second-order valence-corrected chi connectivity index (χ2v) is 8.45. The van der Waals surface area contributed by atoms with Crippen LogP contribution in [0.5, 0.6) is 0 Å². The van der Waals surface area contributed by atoms with Crippen LogP contribution in [0.25, 0.3) is 0 Å². The average Bonchev–Trinajstić information content (AvgIpc) is 2.69. The SMILES string of the molecule is CC(C)(C)OC(=O)N[C@@H](c1ccc(Cl)cc1)[C@@H](c1ccccc1)c1cccc[n+]1[O-]. The Kier molecular flexibility index (Phi) is 6.63. The van der Waals surface area contributed by atoms with Crippen LogP contribution in [0, 0.1) is 5.21 Å².